The highest BCUT2D eigenvalue weighted by atomic mass is 16.3. The molecule has 17 heavy (non-hydrogen) atoms. The van der Waals surface area contributed by atoms with Gasteiger partial charge in [-0.15, -0.1) is 0 Å². The second kappa shape index (κ2) is 3.81. The van der Waals surface area contributed by atoms with Crippen LogP contribution in [0.2, 0.25) is 0 Å². The zero-order chi connectivity index (χ0) is 11.8. The van der Waals surface area contributed by atoms with Crippen molar-refractivity contribution in [1.29, 1.82) is 0 Å². The van der Waals surface area contributed by atoms with Crippen LogP contribution in [0.1, 0.15) is 17.5 Å². The van der Waals surface area contributed by atoms with Crippen molar-refractivity contribution in [1.82, 2.24) is 0 Å². The predicted octanol–water partition coefficient (Wildman–Crippen LogP) is 3.13. The van der Waals surface area contributed by atoms with E-state index in [1.165, 1.54) is 17.5 Å². The summed E-state index contributed by atoms with van der Waals surface area (Å²) < 4.78 is 0. The molecule has 1 aliphatic carbocycles. The molecule has 0 radical (unpaired) electrons. The fourth-order valence-corrected chi connectivity index (χ4v) is 2.62. The second-order valence-electron chi connectivity index (χ2n) is 4.57. The van der Waals surface area contributed by atoms with Gasteiger partial charge in [0.25, 0.3) is 0 Å². The quantitative estimate of drug-likeness (QED) is 0.732. The van der Waals surface area contributed by atoms with Crippen molar-refractivity contribution in [2.24, 2.45) is 0 Å². The molecule has 3 N–H and O–H groups in total. The number of phenolic OH excluding ortho intramolecular Hbond substituents is 1. The summed E-state index contributed by atoms with van der Waals surface area (Å²) in [5, 5.41) is 9.52. The number of benzene rings is 2. The summed E-state index contributed by atoms with van der Waals surface area (Å²) in [5.41, 5.74) is 11.8. The molecule has 0 saturated heterocycles. The monoisotopic (exact) mass is 225 g/mol. The highest BCUT2D eigenvalue weighted by Gasteiger charge is 2.16. The molecule has 0 aliphatic heterocycles. The number of hydrogen-bond acceptors (Lipinski definition) is 2. The molecule has 2 nitrogen and oxygen atoms in total. The molecular formula is C15H15NO. The van der Waals surface area contributed by atoms with Crippen molar-refractivity contribution in [3.05, 3.63) is 47.5 Å². The zero-order valence-corrected chi connectivity index (χ0v) is 9.61. The summed E-state index contributed by atoms with van der Waals surface area (Å²) in [7, 11) is 0. The molecule has 0 atom stereocenters. The molecule has 0 bridgehead atoms. The number of nitrogen functional groups attached to an aromatic ring is 1. The number of aryl methyl sites for hydroxylation is 1. The number of nitrogens with two attached hydrogens (primary N) is 1. The molecule has 3 rings (SSSR count). The van der Waals surface area contributed by atoms with Gasteiger partial charge < -0.3 is 10.8 Å². The normalized spacial score (nSPS) is 13.6. The number of aromatic hydroxyl groups is 1. The fourth-order valence-electron chi connectivity index (χ4n) is 2.62. The van der Waals surface area contributed by atoms with Crippen molar-refractivity contribution in [3.8, 4) is 16.9 Å². The van der Waals surface area contributed by atoms with Crippen LogP contribution in [0, 0.1) is 0 Å². The Kier molecular flexibility index (Phi) is 2.29. The Morgan fingerprint density at radius 2 is 1.94 bits per heavy atom. The smallest absolute Gasteiger partial charge is 0.116 e. The first-order valence-corrected chi connectivity index (χ1v) is 5.95. The minimum atomic E-state index is 0.280. The van der Waals surface area contributed by atoms with E-state index in [2.05, 4.69) is 12.1 Å². The predicted molar refractivity (Wildman–Crippen MR) is 70.0 cm³/mol. The summed E-state index contributed by atoms with van der Waals surface area (Å²) in [6, 6.07) is 11.5. The minimum Gasteiger partial charge on any atom is -0.508 e. The average molecular weight is 225 g/mol. The van der Waals surface area contributed by atoms with Crippen LogP contribution in [-0.4, -0.2) is 5.11 Å². The van der Waals surface area contributed by atoms with E-state index in [-0.39, 0.29) is 5.75 Å². The molecule has 86 valence electrons. The van der Waals surface area contributed by atoms with Crippen LogP contribution in [0.15, 0.2) is 36.4 Å². The van der Waals surface area contributed by atoms with Gasteiger partial charge in [-0.2, -0.15) is 0 Å². The lowest BCUT2D eigenvalue weighted by atomic mass is 9.98. The van der Waals surface area contributed by atoms with Gasteiger partial charge in [0.1, 0.15) is 5.75 Å². The highest BCUT2D eigenvalue weighted by molar-refractivity contribution is 5.80. The van der Waals surface area contributed by atoms with Gasteiger partial charge in [-0.1, -0.05) is 24.3 Å². The third kappa shape index (κ3) is 1.66. The lowest BCUT2D eigenvalue weighted by Gasteiger charge is -2.11. The first-order chi connectivity index (χ1) is 8.25. The first-order valence-electron chi connectivity index (χ1n) is 5.95. The van der Waals surface area contributed by atoms with Crippen LogP contribution in [0.3, 0.4) is 0 Å². The standard InChI is InChI=1S/C15H15NO/c16-15-13-6-2-3-10(13)7-8-14(15)11-4-1-5-12(17)9-11/h1,4-5,7-9,17H,2-3,6,16H2. The molecule has 0 aromatic heterocycles. The summed E-state index contributed by atoms with van der Waals surface area (Å²) in [4.78, 5) is 0. The van der Waals surface area contributed by atoms with Gasteiger partial charge in [0.2, 0.25) is 0 Å². The van der Waals surface area contributed by atoms with E-state index in [0.29, 0.717) is 0 Å². The van der Waals surface area contributed by atoms with Gasteiger partial charge in [-0.25, -0.2) is 0 Å². The Hall–Kier alpha value is -1.96. The van der Waals surface area contributed by atoms with Gasteiger partial charge in [-0.3, -0.25) is 0 Å². The average Bonchev–Trinajstić information content (AvgIpc) is 2.78. The molecule has 0 fully saturated rings. The maximum atomic E-state index is 9.52. The van der Waals surface area contributed by atoms with Crippen LogP contribution >= 0.6 is 0 Å². The Balaban J connectivity index is 2.16. The van der Waals surface area contributed by atoms with Crippen molar-refractivity contribution < 1.29 is 5.11 Å². The lowest BCUT2D eigenvalue weighted by Crippen LogP contribution is -1.96. The maximum absolute atomic E-state index is 9.52. The van der Waals surface area contributed by atoms with E-state index in [1.807, 2.05) is 12.1 Å². The zero-order valence-electron chi connectivity index (χ0n) is 9.61. The van der Waals surface area contributed by atoms with E-state index >= 15 is 0 Å². The van der Waals surface area contributed by atoms with Gasteiger partial charge in [0.15, 0.2) is 0 Å². The molecule has 0 heterocycles. The number of hydrogen-bond donors (Lipinski definition) is 2. The van der Waals surface area contributed by atoms with E-state index in [4.69, 9.17) is 5.73 Å². The van der Waals surface area contributed by atoms with Crippen LogP contribution in [0.25, 0.3) is 11.1 Å². The number of fused-ring (bicyclic) bond motifs is 1. The number of anilines is 1. The molecule has 0 unspecified atom stereocenters. The third-order valence-electron chi connectivity index (χ3n) is 3.48. The molecule has 0 spiro atoms. The summed E-state index contributed by atoms with van der Waals surface area (Å²) in [6.45, 7) is 0. The molecule has 1 aliphatic rings. The van der Waals surface area contributed by atoms with Gasteiger partial charge in [0, 0.05) is 11.3 Å². The van der Waals surface area contributed by atoms with Gasteiger partial charge in [-0.05, 0) is 48.1 Å². The van der Waals surface area contributed by atoms with Crippen molar-refractivity contribution in [2.45, 2.75) is 19.3 Å². The van der Waals surface area contributed by atoms with Gasteiger partial charge in [0.05, 0.1) is 0 Å². The maximum Gasteiger partial charge on any atom is 0.116 e. The highest BCUT2D eigenvalue weighted by Crippen LogP contribution is 2.36. The van der Waals surface area contributed by atoms with Crippen LogP contribution in [0.4, 0.5) is 5.69 Å². The first kappa shape index (κ1) is 10.2. The van der Waals surface area contributed by atoms with E-state index in [1.54, 1.807) is 12.1 Å². The third-order valence-corrected chi connectivity index (χ3v) is 3.48. The molecule has 0 amide bonds. The minimum absolute atomic E-state index is 0.280. The summed E-state index contributed by atoms with van der Waals surface area (Å²) in [6.07, 6.45) is 3.41. The van der Waals surface area contributed by atoms with Crippen molar-refractivity contribution in [2.75, 3.05) is 5.73 Å². The summed E-state index contributed by atoms with van der Waals surface area (Å²) in [5.74, 6) is 0.280. The van der Waals surface area contributed by atoms with E-state index in [0.717, 1.165) is 29.7 Å². The van der Waals surface area contributed by atoms with Crippen LogP contribution < -0.4 is 5.73 Å². The molecule has 2 aromatic carbocycles. The topological polar surface area (TPSA) is 46.2 Å². The molecule has 2 aromatic rings. The number of phenols is 1. The van der Waals surface area contributed by atoms with E-state index in [9.17, 15) is 5.11 Å². The largest absolute Gasteiger partial charge is 0.508 e. The van der Waals surface area contributed by atoms with Crippen molar-refractivity contribution >= 4 is 5.69 Å². The Bertz CT molecular complexity index is 575. The lowest BCUT2D eigenvalue weighted by molar-refractivity contribution is 0.475. The van der Waals surface area contributed by atoms with Crippen molar-refractivity contribution in [3.63, 3.8) is 0 Å². The van der Waals surface area contributed by atoms with Gasteiger partial charge >= 0.3 is 0 Å². The SMILES string of the molecule is Nc1c(-c2cccc(O)c2)ccc2c1CCC2. The molecular weight excluding hydrogens is 210 g/mol. The number of rotatable bonds is 1. The molecule has 2 heteroatoms. The Morgan fingerprint density at radius 1 is 1.06 bits per heavy atom. The Morgan fingerprint density at radius 3 is 2.76 bits per heavy atom. The van der Waals surface area contributed by atoms with Crippen LogP contribution in [0.5, 0.6) is 5.75 Å². The van der Waals surface area contributed by atoms with E-state index < -0.39 is 0 Å². The molecule has 0 saturated carbocycles. The van der Waals surface area contributed by atoms with Crippen LogP contribution in [-0.2, 0) is 12.8 Å². The second-order valence-corrected chi connectivity index (χ2v) is 4.57. The summed E-state index contributed by atoms with van der Waals surface area (Å²) >= 11 is 0. The Labute approximate surface area is 101 Å². The fraction of sp³-hybridized carbons (Fsp3) is 0.200.